The topological polar surface area (TPSA) is 55.4 Å². The molecule has 3 rings (SSSR count). The van der Waals surface area contributed by atoms with Crippen LogP contribution in [0.3, 0.4) is 0 Å². The van der Waals surface area contributed by atoms with Gasteiger partial charge in [0, 0.05) is 5.37 Å². The van der Waals surface area contributed by atoms with Crippen LogP contribution >= 0.6 is 12.2 Å². The first kappa shape index (κ1) is 17.1. The molecule has 5 heteroatoms. The number of hydrogen-bond donors (Lipinski definition) is 1. The predicted octanol–water partition coefficient (Wildman–Crippen LogP) is 3.16. The zero-order valence-corrected chi connectivity index (χ0v) is 14.9. The van der Waals surface area contributed by atoms with Gasteiger partial charge in [-0.05, 0) is 54.9 Å². The maximum atomic E-state index is 13.1. The molecule has 1 amide bonds. The SMILES string of the molecule is CCC1CCC2(CC1)NC(=O)C(c1ccc(OC)cc1C=S)C2=O. The standard InChI is InChI=1S/C19H23NO3S/c1-3-12-6-8-19(9-7-12)17(21)16(18(22)20-19)15-5-4-14(23-2)10-13(15)11-24/h4-5,10-12,16H,3,6-9H2,1-2H3,(H,20,22). The molecular formula is C19H23NO3S. The molecule has 1 saturated heterocycles. The third kappa shape index (κ3) is 2.75. The Labute approximate surface area is 148 Å². The molecule has 1 aliphatic carbocycles. The summed E-state index contributed by atoms with van der Waals surface area (Å²) in [6.07, 6.45) is 4.62. The second-order valence-electron chi connectivity index (χ2n) is 6.83. The van der Waals surface area contributed by atoms with Crippen LogP contribution in [-0.2, 0) is 9.59 Å². The summed E-state index contributed by atoms with van der Waals surface area (Å²) in [5.74, 6) is 0.377. The molecule has 1 atom stereocenters. The van der Waals surface area contributed by atoms with Crippen molar-refractivity contribution < 1.29 is 14.3 Å². The van der Waals surface area contributed by atoms with E-state index in [2.05, 4.69) is 12.2 Å². The smallest absolute Gasteiger partial charge is 0.235 e. The van der Waals surface area contributed by atoms with Crippen LogP contribution in [-0.4, -0.2) is 29.7 Å². The number of amides is 1. The van der Waals surface area contributed by atoms with Gasteiger partial charge in [-0.3, -0.25) is 9.59 Å². The maximum absolute atomic E-state index is 13.1. The fraction of sp³-hybridized carbons (Fsp3) is 0.526. The zero-order valence-electron chi connectivity index (χ0n) is 14.1. The van der Waals surface area contributed by atoms with E-state index in [-0.39, 0.29) is 11.7 Å². The molecule has 1 N–H and O–H groups in total. The number of carbonyl (C=O) groups excluding carboxylic acids is 2. The Morgan fingerprint density at radius 1 is 1.33 bits per heavy atom. The van der Waals surface area contributed by atoms with E-state index in [0.29, 0.717) is 22.8 Å². The summed E-state index contributed by atoms with van der Waals surface area (Å²) in [5.41, 5.74) is 0.714. The summed E-state index contributed by atoms with van der Waals surface area (Å²) in [6, 6.07) is 5.34. The van der Waals surface area contributed by atoms with Gasteiger partial charge in [-0.1, -0.05) is 31.6 Å². The van der Waals surface area contributed by atoms with Crippen molar-refractivity contribution in [1.29, 1.82) is 0 Å². The molecule has 0 aromatic heterocycles. The van der Waals surface area contributed by atoms with E-state index in [9.17, 15) is 9.59 Å². The highest BCUT2D eigenvalue weighted by Crippen LogP contribution is 2.42. The fourth-order valence-electron chi connectivity index (χ4n) is 4.04. The number of hydrogen-bond acceptors (Lipinski definition) is 4. The lowest BCUT2D eigenvalue weighted by Crippen LogP contribution is -2.49. The van der Waals surface area contributed by atoms with Crippen molar-refractivity contribution in [3.8, 4) is 5.75 Å². The number of Topliss-reactive ketones (excluding diaryl/α,β-unsaturated/α-hetero) is 1. The molecule has 24 heavy (non-hydrogen) atoms. The molecule has 128 valence electrons. The molecule has 4 nitrogen and oxygen atoms in total. The lowest BCUT2D eigenvalue weighted by Gasteiger charge is -2.35. The Bertz CT molecular complexity index is 677. The largest absolute Gasteiger partial charge is 0.497 e. The minimum atomic E-state index is -0.761. The summed E-state index contributed by atoms with van der Waals surface area (Å²) in [4.78, 5) is 25.8. The van der Waals surface area contributed by atoms with E-state index in [1.807, 2.05) is 0 Å². The number of methoxy groups -OCH3 is 1. The van der Waals surface area contributed by atoms with Crippen LogP contribution in [0, 0.1) is 5.92 Å². The Kier molecular flexibility index (Phi) is 4.72. The van der Waals surface area contributed by atoms with E-state index >= 15 is 0 Å². The van der Waals surface area contributed by atoms with Crippen molar-refractivity contribution in [2.24, 2.45) is 5.92 Å². The monoisotopic (exact) mass is 345 g/mol. The van der Waals surface area contributed by atoms with Crippen LogP contribution in [0.25, 0.3) is 0 Å². The van der Waals surface area contributed by atoms with Gasteiger partial charge in [-0.2, -0.15) is 0 Å². The number of carbonyl (C=O) groups is 2. The number of ether oxygens (including phenoxy) is 1. The molecule has 0 radical (unpaired) electrons. The Balaban J connectivity index is 1.92. The predicted molar refractivity (Wildman–Crippen MR) is 96.6 cm³/mol. The molecular weight excluding hydrogens is 322 g/mol. The van der Waals surface area contributed by atoms with Crippen molar-refractivity contribution >= 4 is 29.3 Å². The van der Waals surface area contributed by atoms with Crippen molar-refractivity contribution in [2.75, 3.05) is 7.11 Å². The van der Waals surface area contributed by atoms with Crippen LogP contribution in [0.5, 0.6) is 5.75 Å². The van der Waals surface area contributed by atoms with E-state index in [1.165, 1.54) is 5.37 Å². The van der Waals surface area contributed by atoms with Crippen molar-refractivity contribution in [3.63, 3.8) is 0 Å². The first-order valence-corrected chi connectivity index (χ1v) is 9.01. The van der Waals surface area contributed by atoms with Crippen molar-refractivity contribution in [3.05, 3.63) is 29.3 Å². The van der Waals surface area contributed by atoms with Crippen molar-refractivity contribution in [1.82, 2.24) is 5.32 Å². The third-order valence-corrected chi connectivity index (χ3v) is 5.88. The van der Waals surface area contributed by atoms with Gasteiger partial charge in [0.1, 0.15) is 11.7 Å². The molecule has 1 aromatic rings. The lowest BCUT2D eigenvalue weighted by atomic mass is 9.72. The maximum Gasteiger partial charge on any atom is 0.235 e. The molecule has 1 spiro atoms. The van der Waals surface area contributed by atoms with Gasteiger partial charge in [0.15, 0.2) is 5.78 Å². The average molecular weight is 345 g/mol. The number of rotatable bonds is 4. The van der Waals surface area contributed by atoms with Gasteiger partial charge in [-0.15, -0.1) is 0 Å². The summed E-state index contributed by atoms with van der Waals surface area (Å²) in [6.45, 7) is 2.18. The molecule has 1 aromatic carbocycles. The minimum Gasteiger partial charge on any atom is -0.497 e. The minimum absolute atomic E-state index is 0.00493. The summed E-state index contributed by atoms with van der Waals surface area (Å²) in [5, 5.41) is 4.54. The molecule has 0 bridgehead atoms. The average Bonchev–Trinajstić information content (AvgIpc) is 2.85. The normalized spacial score (nSPS) is 29.6. The highest BCUT2D eigenvalue weighted by Gasteiger charge is 2.54. The third-order valence-electron chi connectivity index (χ3n) is 5.63. The van der Waals surface area contributed by atoms with Gasteiger partial charge in [0.25, 0.3) is 0 Å². The van der Waals surface area contributed by atoms with Gasteiger partial charge in [0.2, 0.25) is 5.91 Å². The highest BCUT2D eigenvalue weighted by atomic mass is 32.1. The second kappa shape index (κ2) is 6.63. The Morgan fingerprint density at radius 3 is 2.62 bits per heavy atom. The number of ketones is 1. The van der Waals surface area contributed by atoms with Crippen LogP contribution in [0.4, 0.5) is 0 Å². The summed E-state index contributed by atoms with van der Waals surface area (Å²) in [7, 11) is 1.58. The number of nitrogens with one attached hydrogen (secondary N) is 1. The first-order chi connectivity index (χ1) is 11.5. The number of thiocarbonyl (C=S) groups is 1. The zero-order chi connectivity index (χ0) is 17.3. The van der Waals surface area contributed by atoms with Crippen LogP contribution in [0.2, 0.25) is 0 Å². The number of benzene rings is 1. The molecule has 1 saturated carbocycles. The van der Waals surface area contributed by atoms with Gasteiger partial charge in [0.05, 0.1) is 12.6 Å². The van der Waals surface area contributed by atoms with Gasteiger partial charge < -0.3 is 10.1 Å². The van der Waals surface area contributed by atoms with Crippen LogP contribution in [0.1, 0.15) is 56.1 Å². The van der Waals surface area contributed by atoms with E-state index in [4.69, 9.17) is 17.0 Å². The van der Waals surface area contributed by atoms with Gasteiger partial charge >= 0.3 is 0 Å². The van der Waals surface area contributed by atoms with E-state index < -0.39 is 11.5 Å². The van der Waals surface area contributed by atoms with Gasteiger partial charge in [-0.25, -0.2) is 0 Å². The molecule has 2 fully saturated rings. The van der Waals surface area contributed by atoms with E-state index in [0.717, 1.165) is 32.1 Å². The Morgan fingerprint density at radius 2 is 2.04 bits per heavy atom. The highest BCUT2D eigenvalue weighted by molar-refractivity contribution is 7.79. The molecule has 1 heterocycles. The molecule has 1 aliphatic heterocycles. The van der Waals surface area contributed by atoms with Crippen LogP contribution in [0.15, 0.2) is 18.2 Å². The lowest BCUT2D eigenvalue weighted by molar-refractivity contribution is -0.126. The first-order valence-electron chi connectivity index (χ1n) is 8.54. The van der Waals surface area contributed by atoms with Crippen LogP contribution < -0.4 is 10.1 Å². The molecule has 1 unspecified atom stereocenters. The fourth-order valence-corrected chi connectivity index (χ4v) is 4.25. The summed E-state index contributed by atoms with van der Waals surface area (Å²) >= 11 is 5.08. The summed E-state index contributed by atoms with van der Waals surface area (Å²) < 4.78 is 5.21. The Hall–Kier alpha value is -1.75. The molecule has 2 aliphatic rings. The quantitative estimate of drug-likeness (QED) is 0.673. The van der Waals surface area contributed by atoms with Crippen molar-refractivity contribution in [2.45, 2.75) is 50.5 Å². The van der Waals surface area contributed by atoms with E-state index in [1.54, 1.807) is 25.3 Å². The second-order valence-corrected chi connectivity index (χ2v) is 7.07.